The zero-order chi connectivity index (χ0) is 24.3. The summed E-state index contributed by atoms with van der Waals surface area (Å²) >= 11 is 0. The average molecular weight is 471 g/mol. The molecular weight excluding hydrogens is 432 g/mol. The van der Waals surface area contributed by atoms with Gasteiger partial charge >= 0.3 is 0 Å². The van der Waals surface area contributed by atoms with E-state index < -0.39 is 0 Å². The lowest BCUT2D eigenvalue weighted by atomic mass is 10.0. The number of nitrogens with zero attached hydrogens (tertiary/aromatic N) is 2. The van der Waals surface area contributed by atoms with E-state index in [9.17, 15) is 9.59 Å². The Morgan fingerprint density at radius 2 is 2.00 bits per heavy atom. The Morgan fingerprint density at radius 1 is 1.21 bits per heavy atom. The van der Waals surface area contributed by atoms with Crippen molar-refractivity contribution >= 4 is 17.5 Å². The molecule has 0 spiro atoms. The number of methoxy groups -OCH3 is 1. The third kappa shape index (κ3) is 7.40. The molecule has 0 saturated heterocycles. The van der Waals surface area contributed by atoms with Crippen molar-refractivity contribution in [3.8, 4) is 0 Å². The molecule has 1 aromatic carbocycles. The number of benzene rings is 1. The number of fused-ring (bicyclic) bond motifs is 1. The highest BCUT2D eigenvalue weighted by atomic mass is 16.5. The fourth-order valence-corrected chi connectivity index (χ4v) is 4.24. The minimum Gasteiger partial charge on any atom is -0.375 e. The molecule has 0 unspecified atom stereocenters. The number of nitrogens with one attached hydrogen (secondary N) is 2. The Balaban J connectivity index is 1.79. The van der Waals surface area contributed by atoms with Crippen LogP contribution in [-0.2, 0) is 29.0 Å². The van der Waals surface area contributed by atoms with Crippen LogP contribution in [0.2, 0.25) is 0 Å². The smallest absolute Gasteiger partial charge is 0.252 e. The maximum atomic E-state index is 13.0. The SMILES string of the molecule is COCC(=O)N1CCCCCCCNCc2cc(C(=O)NCc3conc3CC(C)C)ccc21. The Bertz CT molecular complexity index is 941. The molecule has 0 bridgehead atoms. The number of rotatable bonds is 7. The summed E-state index contributed by atoms with van der Waals surface area (Å²) in [6, 6.07) is 5.56. The zero-order valence-electron chi connectivity index (χ0n) is 20.7. The highest BCUT2D eigenvalue weighted by molar-refractivity contribution is 5.98. The van der Waals surface area contributed by atoms with Gasteiger partial charge < -0.3 is 24.8 Å². The molecule has 2 N–H and O–H groups in total. The molecule has 186 valence electrons. The van der Waals surface area contributed by atoms with Gasteiger partial charge in [-0.1, -0.05) is 38.3 Å². The van der Waals surface area contributed by atoms with E-state index in [2.05, 4.69) is 29.6 Å². The first-order valence-electron chi connectivity index (χ1n) is 12.3. The van der Waals surface area contributed by atoms with Crippen LogP contribution < -0.4 is 15.5 Å². The molecule has 8 heteroatoms. The van der Waals surface area contributed by atoms with Crippen LogP contribution in [0.3, 0.4) is 0 Å². The van der Waals surface area contributed by atoms with E-state index in [1.54, 1.807) is 17.2 Å². The molecule has 1 aromatic heterocycles. The predicted molar refractivity (Wildman–Crippen MR) is 132 cm³/mol. The number of ether oxygens (including phenoxy) is 1. The number of hydrogen-bond acceptors (Lipinski definition) is 6. The lowest BCUT2D eigenvalue weighted by molar-refractivity contribution is -0.122. The van der Waals surface area contributed by atoms with Gasteiger partial charge in [0.1, 0.15) is 12.9 Å². The van der Waals surface area contributed by atoms with Gasteiger partial charge in [0.15, 0.2) is 0 Å². The Morgan fingerprint density at radius 3 is 2.79 bits per heavy atom. The van der Waals surface area contributed by atoms with E-state index in [0.29, 0.717) is 31.1 Å². The van der Waals surface area contributed by atoms with Crippen molar-refractivity contribution in [1.29, 1.82) is 0 Å². The molecule has 0 fully saturated rings. The predicted octanol–water partition coefficient (Wildman–Crippen LogP) is 3.84. The minimum absolute atomic E-state index is 0.0343. The van der Waals surface area contributed by atoms with Crippen LogP contribution in [0.15, 0.2) is 29.0 Å². The molecule has 0 radical (unpaired) electrons. The lowest BCUT2D eigenvalue weighted by Gasteiger charge is -2.26. The molecule has 34 heavy (non-hydrogen) atoms. The monoisotopic (exact) mass is 470 g/mol. The van der Waals surface area contributed by atoms with Crippen LogP contribution >= 0.6 is 0 Å². The number of hydrogen-bond donors (Lipinski definition) is 2. The van der Waals surface area contributed by atoms with Crippen LogP contribution in [-0.4, -0.2) is 43.8 Å². The third-order valence-electron chi connectivity index (χ3n) is 6.02. The van der Waals surface area contributed by atoms with E-state index in [1.807, 2.05) is 12.1 Å². The zero-order valence-corrected chi connectivity index (χ0v) is 20.7. The highest BCUT2D eigenvalue weighted by Crippen LogP contribution is 2.24. The van der Waals surface area contributed by atoms with Crippen molar-refractivity contribution < 1.29 is 18.8 Å². The summed E-state index contributed by atoms with van der Waals surface area (Å²) in [6.07, 6.45) is 7.91. The number of aromatic nitrogens is 1. The maximum Gasteiger partial charge on any atom is 0.252 e. The molecule has 8 nitrogen and oxygen atoms in total. The quantitative estimate of drug-likeness (QED) is 0.638. The molecule has 0 atom stereocenters. The van der Waals surface area contributed by atoms with E-state index in [-0.39, 0.29) is 18.4 Å². The van der Waals surface area contributed by atoms with Gasteiger partial charge in [-0.2, -0.15) is 0 Å². The Hall–Kier alpha value is -2.71. The fraction of sp³-hybridized carbons (Fsp3) is 0.577. The molecule has 1 aliphatic heterocycles. The summed E-state index contributed by atoms with van der Waals surface area (Å²) in [6.45, 7) is 6.79. The summed E-state index contributed by atoms with van der Waals surface area (Å²) in [5.74, 6) is 0.217. The van der Waals surface area contributed by atoms with Gasteiger partial charge in [0.2, 0.25) is 0 Å². The number of amides is 2. The second kappa shape index (κ2) is 13.2. The van der Waals surface area contributed by atoms with Crippen molar-refractivity contribution in [2.45, 2.75) is 65.5 Å². The number of carbonyl (C=O) groups excluding carboxylic acids is 2. The summed E-state index contributed by atoms with van der Waals surface area (Å²) in [4.78, 5) is 27.6. The summed E-state index contributed by atoms with van der Waals surface area (Å²) < 4.78 is 10.2. The van der Waals surface area contributed by atoms with Crippen LogP contribution in [0.5, 0.6) is 0 Å². The van der Waals surface area contributed by atoms with Crippen LogP contribution in [0.25, 0.3) is 0 Å². The van der Waals surface area contributed by atoms with Crippen molar-refractivity contribution in [3.05, 3.63) is 46.8 Å². The topological polar surface area (TPSA) is 96.7 Å². The second-order valence-corrected chi connectivity index (χ2v) is 9.33. The van der Waals surface area contributed by atoms with Crippen molar-refractivity contribution in [2.75, 3.05) is 31.7 Å². The van der Waals surface area contributed by atoms with Gasteiger partial charge in [-0.25, -0.2) is 0 Å². The summed E-state index contributed by atoms with van der Waals surface area (Å²) in [7, 11) is 1.53. The molecule has 1 aliphatic rings. The second-order valence-electron chi connectivity index (χ2n) is 9.33. The summed E-state index contributed by atoms with van der Waals surface area (Å²) in [5, 5.41) is 10.5. The number of carbonyl (C=O) groups is 2. The molecule has 0 saturated carbocycles. The van der Waals surface area contributed by atoms with Crippen LogP contribution in [0, 0.1) is 5.92 Å². The largest absolute Gasteiger partial charge is 0.375 e. The van der Waals surface area contributed by atoms with Gasteiger partial charge in [-0.15, -0.1) is 0 Å². The molecule has 3 rings (SSSR count). The molecular formula is C26H38N4O4. The van der Waals surface area contributed by atoms with E-state index in [4.69, 9.17) is 9.26 Å². The van der Waals surface area contributed by atoms with E-state index >= 15 is 0 Å². The van der Waals surface area contributed by atoms with Crippen molar-refractivity contribution in [1.82, 2.24) is 15.8 Å². The van der Waals surface area contributed by atoms with Crippen molar-refractivity contribution in [2.24, 2.45) is 5.92 Å². The molecule has 2 heterocycles. The van der Waals surface area contributed by atoms with Gasteiger partial charge in [-0.05, 0) is 55.5 Å². The fourth-order valence-electron chi connectivity index (χ4n) is 4.24. The standard InChI is InChI=1S/C26H38N4O4/c1-19(2)13-23-22(17-34-29-23)16-28-26(32)20-9-10-24-21(14-20)15-27-11-7-5-4-6-8-12-30(24)25(31)18-33-3/h9-10,14,17,19,27H,4-8,11-13,15-16,18H2,1-3H3,(H,28,32). The third-order valence-corrected chi connectivity index (χ3v) is 6.02. The van der Waals surface area contributed by atoms with Gasteiger partial charge in [0.05, 0.1) is 5.69 Å². The van der Waals surface area contributed by atoms with E-state index in [1.165, 1.54) is 20.0 Å². The Labute approximate surface area is 202 Å². The lowest BCUT2D eigenvalue weighted by Crippen LogP contribution is -2.36. The summed E-state index contributed by atoms with van der Waals surface area (Å²) in [5.41, 5.74) is 4.11. The van der Waals surface area contributed by atoms with Gasteiger partial charge in [0, 0.05) is 43.6 Å². The normalized spacial score (nSPS) is 15.4. The van der Waals surface area contributed by atoms with Crippen LogP contribution in [0.4, 0.5) is 5.69 Å². The van der Waals surface area contributed by atoms with Crippen molar-refractivity contribution in [3.63, 3.8) is 0 Å². The first kappa shape index (κ1) is 25.9. The minimum atomic E-state index is -0.166. The van der Waals surface area contributed by atoms with Crippen LogP contribution in [0.1, 0.15) is 73.1 Å². The molecule has 2 amide bonds. The van der Waals surface area contributed by atoms with Gasteiger partial charge in [-0.3, -0.25) is 9.59 Å². The molecule has 0 aliphatic carbocycles. The molecule has 2 aromatic rings. The number of anilines is 1. The van der Waals surface area contributed by atoms with Gasteiger partial charge in [0.25, 0.3) is 11.8 Å². The Kier molecular flexibility index (Phi) is 10.1. The maximum absolute atomic E-state index is 13.0. The first-order valence-corrected chi connectivity index (χ1v) is 12.3. The first-order chi connectivity index (χ1) is 16.5. The average Bonchev–Trinajstić information content (AvgIpc) is 3.24. The van der Waals surface area contributed by atoms with E-state index in [0.717, 1.165) is 54.7 Å². The highest BCUT2D eigenvalue weighted by Gasteiger charge is 2.20.